The normalized spacial score (nSPS) is 10.1. The summed E-state index contributed by atoms with van der Waals surface area (Å²) in [6.45, 7) is 1.79. The molecule has 0 aliphatic rings. The van der Waals surface area contributed by atoms with Gasteiger partial charge in [0, 0.05) is 0 Å². The minimum Gasteiger partial charge on any atom is -0.305 e. The largest absolute Gasteiger partial charge is 0.305 e. The standard InChI is InChI=1S/C9H7BrN4OS/c1-5-8(16-4-13-5)9(15)14-7-3-11-6(10)2-12-7/h2-4H,1H3,(H,12,14,15). The number of amides is 1. The average Bonchev–Trinajstić information content (AvgIpc) is 2.68. The average molecular weight is 299 g/mol. The second-order valence-corrected chi connectivity index (χ2v) is 4.61. The quantitative estimate of drug-likeness (QED) is 0.923. The van der Waals surface area contributed by atoms with Crippen LogP contribution < -0.4 is 5.32 Å². The monoisotopic (exact) mass is 298 g/mol. The number of nitrogens with one attached hydrogen (secondary N) is 1. The fraction of sp³-hybridized carbons (Fsp3) is 0.111. The number of anilines is 1. The molecule has 0 aliphatic carbocycles. The molecule has 1 amide bonds. The van der Waals surface area contributed by atoms with Gasteiger partial charge in [0.1, 0.15) is 9.48 Å². The number of carbonyl (C=O) groups excluding carboxylic acids is 1. The lowest BCUT2D eigenvalue weighted by molar-refractivity contribution is 0.102. The summed E-state index contributed by atoms with van der Waals surface area (Å²) >= 11 is 4.47. The number of thiazole rings is 1. The Balaban J connectivity index is 2.14. The van der Waals surface area contributed by atoms with E-state index >= 15 is 0 Å². The molecule has 0 radical (unpaired) electrons. The highest BCUT2D eigenvalue weighted by Gasteiger charge is 2.12. The molecule has 2 aromatic rings. The van der Waals surface area contributed by atoms with E-state index in [1.165, 1.54) is 23.7 Å². The zero-order valence-electron chi connectivity index (χ0n) is 8.27. The van der Waals surface area contributed by atoms with E-state index in [0.717, 1.165) is 0 Å². The smallest absolute Gasteiger partial charge is 0.268 e. The second kappa shape index (κ2) is 4.67. The summed E-state index contributed by atoms with van der Waals surface area (Å²) in [6.07, 6.45) is 3.01. The zero-order chi connectivity index (χ0) is 11.5. The van der Waals surface area contributed by atoms with Gasteiger partial charge in [0.2, 0.25) is 0 Å². The molecule has 2 rings (SSSR count). The van der Waals surface area contributed by atoms with Crippen LogP contribution >= 0.6 is 27.3 Å². The van der Waals surface area contributed by atoms with Crippen molar-refractivity contribution in [1.29, 1.82) is 0 Å². The molecule has 1 N–H and O–H groups in total. The number of aromatic nitrogens is 3. The Morgan fingerprint density at radius 3 is 2.75 bits per heavy atom. The molecule has 2 aromatic heterocycles. The minimum absolute atomic E-state index is 0.211. The highest BCUT2D eigenvalue weighted by Crippen LogP contribution is 2.14. The van der Waals surface area contributed by atoms with Gasteiger partial charge in [0.05, 0.1) is 23.6 Å². The van der Waals surface area contributed by atoms with Gasteiger partial charge in [-0.1, -0.05) is 0 Å². The molecule has 82 valence electrons. The van der Waals surface area contributed by atoms with Gasteiger partial charge < -0.3 is 5.32 Å². The van der Waals surface area contributed by atoms with Crippen LogP contribution in [0.5, 0.6) is 0 Å². The number of aryl methyl sites for hydroxylation is 1. The molecule has 0 spiro atoms. The van der Waals surface area contributed by atoms with Crippen molar-refractivity contribution in [3.8, 4) is 0 Å². The molecule has 0 aromatic carbocycles. The molecule has 2 heterocycles. The van der Waals surface area contributed by atoms with E-state index in [2.05, 4.69) is 36.2 Å². The molecule has 0 saturated carbocycles. The summed E-state index contributed by atoms with van der Waals surface area (Å²) in [7, 11) is 0. The lowest BCUT2D eigenvalue weighted by Gasteiger charge is -2.02. The number of hydrogen-bond acceptors (Lipinski definition) is 5. The summed E-state index contributed by atoms with van der Waals surface area (Å²) in [4.78, 5) is 24.3. The third kappa shape index (κ3) is 2.42. The zero-order valence-corrected chi connectivity index (χ0v) is 10.7. The molecule has 5 nitrogen and oxygen atoms in total. The van der Waals surface area contributed by atoms with E-state index < -0.39 is 0 Å². The van der Waals surface area contributed by atoms with Gasteiger partial charge in [-0.3, -0.25) is 4.79 Å². The number of halogens is 1. The van der Waals surface area contributed by atoms with Gasteiger partial charge in [0.25, 0.3) is 5.91 Å². The molecule has 0 unspecified atom stereocenters. The highest BCUT2D eigenvalue weighted by atomic mass is 79.9. The van der Waals surface area contributed by atoms with Crippen LogP contribution in [0.2, 0.25) is 0 Å². The van der Waals surface area contributed by atoms with Gasteiger partial charge in [-0.05, 0) is 22.9 Å². The fourth-order valence-electron chi connectivity index (χ4n) is 1.07. The van der Waals surface area contributed by atoms with Gasteiger partial charge in [-0.15, -0.1) is 11.3 Å². The topological polar surface area (TPSA) is 67.8 Å². The van der Waals surface area contributed by atoms with E-state index in [1.54, 1.807) is 12.4 Å². The highest BCUT2D eigenvalue weighted by molar-refractivity contribution is 9.10. The van der Waals surface area contributed by atoms with E-state index in [0.29, 0.717) is 21.0 Å². The Morgan fingerprint density at radius 1 is 1.38 bits per heavy atom. The molecule has 0 saturated heterocycles. The first-order chi connectivity index (χ1) is 7.66. The van der Waals surface area contributed by atoms with E-state index in [4.69, 9.17) is 0 Å². The molecule has 0 bridgehead atoms. The number of hydrogen-bond donors (Lipinski definition) is 1. The van der Waals surface area contributed by atoms with Crippen LogP contribution in [0.4, 0.5) is 5.82 Å². The Hall–Kier alpha value is -1.34. The first kappa shape index (κ1) is 11.2. The van der Waals surface area contributed by atoms with Crippen LogP contribution in [0.15, 0.2) is 22.5 Å². The summed E-state index contributed by atoms with van der Waals surface area (Å²) in [5, 5.41) is 2.65. The summed E-state index contributed by atoms with van der Waals surface area (Å²) in [5.74, 6) is 0.206. The van der Waals surface area contributed by atoms with Gasteiger partial charge >= 0.3 is 0 Å². The number of carbonyl (C=O) groups is 1. The molecular formula is C9H7BrN4OS. The van der Waals surface area contributed by atoms with Crippen molar-refractivity contribution < 1.29 is 4.79 Å². The van der Waals surface area contributed by atoms with Crippen LogP contribution in [-0.2, 0) is 0 Å². The molecule has 7 heteroatoms. The predicted octanol–water partition coefficient (Wildman–Crippen LogP) is 2.26. The van der Waals surface area contributed by atoms with Crippen molar-refractivity contribution in [2.45, 2.75) is 6.92 Å². The first-order valence-corrected chi connectivity index (χ1v) is 6.03. The maximum atomic E-state index is 11.8. The Labute approximate surface area is 104 Å². The van der Waals surface area contributed by atoms with E-state index in [9.17, 15) is 4.79 Å². The fourth-order valence-corrected chi connectivity index (χ4v) is 1.97. The van der Waals surface area contributed by atoms with Crippen LogP contribution in [0, 0.1) is 6.92 Å². The van der Waals surface area contributed by atoms with Crippen molar-refractivity contribution in [2.75, 3.05) is 5.32 Å². The lowest BCUT2D eigenvalue weighted by Crippen LogP contribution is -2.12. The molecule has 0 atom stereocenters. The van der Waals surface area contributed by atoms with Crippen molar-refractivity contribution in [1.82, 2.24) is 15.0 Å². The third-order valence-corrected chi connectivity index (χ3v) is 3.15. The molecule has 0 fully saturated rings. The Kier molecular flexibility index (Phi) is 3.25. The summed E-state index contributed by atoms with van der Waals surface area (Å²) < 4.78 is 0.625. The SMILES string of the molecule is Cc1ncsc1C(=O)Nc1cnc(Br)cn1. The van der Waals surface area contributed by atoms with Gasteiger partial charge in [-0.2, -0.15) is 0 Å². The van der Waals surface area contributed by atoms with Crippen molar-refractivity contribution in [3.63, 3.8) is 0 Å². The number of nitrogens with zero attached hydrogens (tertiary/aromatic N) is 3. The molecule has 0 aliphatic heterocycles. The number of rotatable bonds is 2. The van der Waals surface area contributed by atoms with Gasteiger partial charge in [0.15, 0.2) is 5.82 Å². The third-order valence-electron chi connectivity index (χ3n) is 1.81. The van der Waals surface area contributed by atoms with Crippen LogP contribution in [0.1, 0.15) is 15.4 Å². The van der Waals surface area contributed by atoms with Gasteiger partial charge in [-0.25, -0.2) is 15.0 Å². The maximum Gasteiger partial charge on any atom is 0.268 e. The van der Waals surface area contributed by atoms with Crippen LogP contribution in [0.25, 0.3) is 0 Å². The Bertz CT molecular complexity index is 510. The summed E-state index contributed by atoms with van der Waals surface area (Å²) in [6, 6.07) is 0. The van der Waals surface area contributed by atoms with Crippen LogP contribution in [0.3, 0.4) is 0 Å². The molecule has 16 heavy (non-hydrogen) atoms. The maximum absolute atomic E-state index is 11.8. The minimum atomic E-state index is -0.211. The van der Waals surface area contributed by atoms with Crippen molar-refractivity contribution in [3.05, 3.63) is 33.1 Å². The Morgan fingerprint density at radius 2 is 2.19 bits per heavy atom. The molecular weight excluding hydrogens is 292 g/mol. The predicted molar refractivity (Wildman–Crippen MR) is 64.5 cm³/mol. The van der Waals surface area contributed by atoms with E-state index in [1.807, 2.05) is 0 Å². The van der Waals surface area contributed by atoms with Crippen LogP contribution in [-0.4, -0.2) is 20.9 Å². The summed E-state index contributed by atoms with van der Waals surface area (Å²) in [5.41, 5.74) is 2.35. The van der Waals surface area contributed by atoms with E-state index in [-0.39, 0.29) is 5.91 Å². The van der Waals surface area contributed by atoms with Crippen molar-refractivity contribution >= 4 is 39.0 Å². The second-order valence-electron chi connectivity index (χ2n) is 2.95. The first-order valence-electron chi connectivity index (χ1n) is 4.36. The van der Waals surface area contributed by atoms with Crippen molar-refractivity contribution in [2.24, 2.45) is 0 Å². The lowest BCUT2D eigenvalue weighted by atomic mass is 10.4.